The minimum atomic E-state index is 0.471. The second kappa shape index (κ2) is 3.41. The summed E-state index contributed by atoms with van der Waals surface area (Å²) in [6.07, 6.45) is 5.13. The van der Waals surface area contributed by atoms with E-state index < -0.39 is 0 Å². The van der Waals surface area contributed by atoms with E-state index in [2.05, 4.69) is 10.3 Å². The molecule has 1 fully saturated rings. The second-order valence-corrected chi connectivity index (χ2v) is 4.04. The molecule has 0 saturated heterocycles. The van der Waals surface area contributed by atoms with Gasteiger partial charge in [0.05, 0.1) is 10.7 Å². The van der Waals surface area contributed by atoms with Gasteiger partial charge < -0.3 is 5.73 Å². The van der Waals surface area contributed by atoms with Crippen molar-refractivity contribution >= 4 is 17.2 Å². The third-order valence-corrected chi connectivity index (χ3v) is 2.23. The number of rotatable bonds is 4. The first-order valence-corrected chi connectivity index (χ1v) is 4.82. The molecule has 2 N–H and O–H groups in total. The Morgan fingerprint density at radius 1 is 1.69 bits per heavy atom. The first-order valence-electron chi connectivity index (χ1n) is 4.41. The zero-order valence-corrected chi connectivity index (χ0v) is 8.13. The molecule has 1 aliphatic rings. The maximum absolute atomic E-state index is 5.40. The zero-order chi connectivity index (χ0) is 9.26. The summed E-state index contributed by atoms with van der Waals surface area (Å²) in [7, 11) is 0. The van der Waals surface area contributed by atoms with Gasteiger partial charge in [-0.25, -0.2) is 0 Å². The van der Waals surface area contributed by atoms with Crippen LogP contribution < -0.4 is 5.73 Å². The smallest absolute Gasteiger partial charge is 0.0894 e. The van der Waals surface area contributed by atoms with Crippen LogP contribution in [0.1, 0.15) is 18.5 Å². The lowest BCUT2D eigenvalue weighted by atomic mass is 10.3. The molecular formula is C8H12N4S. The van der Waals surface area contributed by atoms with E-state index in [0.29, 0.717) is 11.4 Å². The second-order valence-electron chi connectivity index (χ2n) is 3.52. The number of hydrogen-bond acceptors (Lipinski definition) is 3. The molecule has 2 rings (SSSR count). The Kier molecular flexibility index (Phi) is 2.26. The number of thiocarbonyl (C=S) groups is 1. The molecule has 1 aliphatic carbocycles. The minimum Gasteiger partial charge on any atom is -0.393 e. The molecule has 13 heavy (non-hydrogen) atoms. The van der Waals surface area contributed by atoms with Crippen LogP contribution in [0.15, 0.2) is 6.20 Å². The fraction of sp³-hybridized carbons (Fsp3) is 0.625. The summed E-state index contributed by atoms with van der Waals surface area (Å²) in [5.41, 5.74) is 6.27. The molecule has 0 unspecified atom stereocenters. The highest BCUT2D eigenvalue weighted by atomic mass is 32.1. The van der Waals surface area contributed by atoms with Crippen LogP contribution in [0.25, 0.3) is 0 Å². The Morgan fingerprint density at radius 3 is 3.08 bits per heavy atom. The molecule has 0 aromatic carbocycles. The first kappa shape index (κ1) is 8.62. The highest BCUT2D eigenvalue weighted by Gasteiger charge is 2.22. The van der Waals surface area contributed by atoms with Gasteiger partial charge in [-0.15, -0.1) is 5.10 Å². The molecule has 0 bridgehead atoms. The molecule has 0 aliphatic heterocycles. The van der Waals surface area contributed by atoms with E-state index in [0.717, 1.165) is 18.2 Å². The van der Waals surface area contributed by atoms with Crippen molar-refractivity contribution in [1.29, 1.82) is 0 Å². The van der Waals surface area contributed by atoms with E-state index in [1.807, 2.05) is 10.9 Å². The lowest BCUT2D eigenvalue weighted by Gasteiger charge is -1.94. The van der Waals surface area contributed by atoms with Crippen molar-refractivity contribution in [2.24, 2.45) is 11.7 Å². The number of nitrogens with two attached hydrogens (primary N) is 1. The Morgan fingerprint density at radius 2 is 2.46 bits per heavy atom. The van der Waals surface area contributed by atoms with Gasteiger partial charge in [-0.3, -0.25) is 4.68 Å². The molecule has 0 spiro atoms. The van der Waals surface area contributed by atoms with Gasteiger partial charge in [0, 0.05) is 19.2 Å². The molecule has 1 heterocycles. The molecular weight excluding hydrogens is 184 g/mol. The van der Waals surface area contributed by atoms with Crippen LogP contribution in [0, 0.1) is 5.92 Å². The predicted molar refractivity (Wildman–Crippen MR) is 53.2 cm³/mol. The van der Waals surface area contributed by atoms with Crippen LogP contribution in [0.2, 0.25) is 0 Å². The van der Waals surface area contributed by atoms with Gasteiger partial charge in [0.1, 0.15) is 0 Å². The number of nitrogens with zero attached hydrogens (tertiary/aromatic N) is 3. The van der Waals surface area contributed by atoms with Crippen molar-refractivity contribution in [2.75, 3.05) is 0 Å². The average molecular weight is 196 g/mol. The Balaban J connectivity index is 1.95. The van der Waals surface area contributed by atoms with Crippen LogP contribution in [-0.4, -0.2) is 20.0 Å². The lowest BCUT2D eigenvalue weighted by molar-refractivity contribution is 0.544. The van der Waals surface area contributed by atoms with E-state index in [-0.39, 0.29) is 0 Å². The van der Waals surface area contributed by atoms with Crippen molar-refractivity contribution in [3.8, 4) is 0 Å². The van der Waals surface area contributed by atoms with Crippen molar-refractivity contribution in [3.05, 3.63) is 11.9 Å². The summed E-state index contributed by atoms with van der Waals surface area (Å²) in [5, 5.41) is 7.98. The van der Waals surface area contributed by atoms with Crippen molar-refractivity contribution in [1.82, 2.24) is 15.0 Å². The summed E-state index contributed by atoms with van der Waals surface area (Å²) in [5.74, 6) is 0.819. The van der Waals surface area contributed by atoms with E-state index in [1.165, 1.54) is 12.8 Å². The molecule has 4 nitrogen and oxygen atoms in total. The van der Waals surface area contributed by atoms with E-state index in [1.54, 1.807) is 0 Å². The largest absolute Gasteiger partial charge is 0.393 e. The normalized spacial score (nSPS) is 16.0. The molecule has 0 radical (unpaired) electrons. The summed E-state index contributed by atoms with van der Waals surface area (Å²) >= 11 is 4.79. The minimum absolute atomic E-state index is 0.471. The molecule has 0 amide bonds. The molecule has 1 aromatic rings. The van der Waals surface area contributed by atoms with E-state index >= 15 is 0 Å². The quantitative estimate of drug-likeness (QED) is 0.713. The third-order valence-electron chi connectivity index (χ3n) is 2.08. The summed E-state index contributed by atoms with van der Waals surface area (Å²) in [6, 6.07) is 0. The van der Waals surface area contributed by atoms with E-state index in [9.17, 15) is 0 Å². The SMILES string of the molecule is NC(=S)Cc1cn(CC2CC2)nn1. The highest BCUT2D eigenvalue weighted by molar-refractivity contribution is 7.80. The Bertz CT molecular complexity index is 316. The maximum Gasteiger partial charge on any atom is 0.0894 e. The predicted octanol–water partition coefficient (Wildman–Crippen LogP) is 0.517. The molecule has 1 saturated carbocycles. The average Bonchev–Trinajstić information content (AvgIpc) is 2.73. The topological polar surface area (TPSA) is 56.7 Å². The van der Waals surface area contributed by atoms with Gasteiger partial charge in [-0.05, 0) is 18.8 Å². The fourth-order valence-corrected chi connectivity index (χ4v) is 1.40. The fourth-order valence-electron chi connectivity index (χ4n) is 1.25. The van der Waals surface area contributed by atoms with Crippen LogP contribution in [0.3, 0.4) is 0 Å². The lowest BCUT2D eigenvalue weighted by Crippen LogP contribution is -2.11. The zero-order valence-electron chi connectivity index (χ0n) is 7.31. The van der Waals surface area contributed by atoms with Crippen LogP contribution >= 0.6 is 12.2 Å². The highest BCUT2D eigenvalue weighted by Crippen LogP contribution is 2.30. The molecule has 0 atom stereocenters. The molecule has 5 heteroatoms. The van der Waals surface area contributed by atoms with Gasteiger partial charge in [-0.2, -0.15) is 0 Å². The number of aromatic nitrogens is 3. The maximum atomic E-state index is 5.40. The number of hydrogen-bond donors (Lipinski definition) is 1. The monoisotopic (exact) mass is 196 g/mol. The Labute approximate surface area is 82.1 Å². The van der Waals surface area contributed by atoms with Crippen LogP contribution in [-0.2, 0) is 13.0 Å². The van der Waals surface area contributed by atoms with Gasteiger partial charge >= 0.3 is 0 Å². The summed E-state index contributed by atoms with van der Waals surface area (Å²) in [6.45, 7) is 0.990. The standard InChI is InChI=1S/C8H12N4S/c9-8(13)3-7-5-12(11-10-7)4-6-1-2-6/h5-6H,1-4H2,(H2,9,13). The van der Waals surface area contributed by atoms with Gasteiger partial charge in [0.25, 0.3) is 0 Å². The van der Waals surface area contributed by atoms with Crippen molar-refractivity contribution < 1.29 is 0 Å². The van der Waals surface area contributed by atoms with Crippen LogP contribution in [0.5, 0.6) is 0 Å². The molecule has 70 valence electrons. The third kappa shape index (κ3) is 2.48. The molecule has 1 aromatic heterocycles. The summed E-state index contributed by atoms with van der Waals surface area (Å²) in [4.78, 5) is 0.471. The Hall–Kier alpha value is -0.970. The van der Waals surface area contributed by atoms with E-state index in [4.69, 9.17) is 18.0 Å². The van der Waals surface area contributed by atoms with Crippen molar-refractivity contribution in [3.63, 3.8) is 0 Å². The van der Waals surface area contributed by atoms with Gasteiger partial charge in [0.2, 0.25) is 0 Å². The van der Waals surface area contributed by atoms with Crippen LogP contribution in [0.4, 0.5) is 0 Å². The van der Waals surface area contributed by atoms with Crippen molar-refractivity contribution in [2.45, 2.75) is 25.8 Å². The van der Waals surface area contributed by atoms with Gasteiger partial charge in [-0.1, -0.05) is 17.4 Å². The summed E-state index contributed by atoms with van der Waals surface area (Å²) < 4.78 is 1.88. The first-order chi connectivity index (χ1) is 6.24. The van der Waals surface area contributed by atoms with Gasteiger partial charge in [0.15, 0.2) is 0 Å².